The average Bonchev–Trinajstić information content (AvgIpc) is 2.95. The van der Waals surface area contributed by atoms with Gasteiger partial charge < -0.3 is 19.9 Å². The molecule has 1 saturated heterocycles. The van der Waals surface area contributed by atoms with Gasteiger partial charge in [-0.15, -0.1) is 0 Å². The van der Waals surface area contributed by atoms with Gasteiger partial charge in [0.15, 0.2) is 11.6 Å². The molecule has 0 radical (unpaired) electrons. The third-order valence-electron chi connectivity index (χ3n) is 3.40. The van der Waals surface area contributed by atoms with Gasteiger partial charge in [-0.1, -0.05) is 0 Å². The summed E-state index contributed by atoms with van der Waals surface area (Å²) in [6, 6.07) is -1.10. The van der Waals surface area contributed by atoms with Gasteiger partial charge in [0.2, 0.25) is 0 Å². The van der Waals surface area contributed by atoms with E-state index >= 15 is 0 Å². The molecular formula is C12H14F3N3O4. The highest BCUT2D eigenvalue weighted by Crippen LogP contribution is 2.36. The molecular weight excluding hydrogens is 307 g/mol. The van der Waals surface area contributed by atoms with Gasteiger partial charge in [-0.25, -0.2) is 9.78 Å². The number of nitrogens with zero attached hydrogens (tertiary/aromatic N) is 1. The van der Waals surface area contributed by atoms with Crippen LogP contribution in [0.25, 0.3) is 0 Å². The van der Waals surface area contributed by atoms with Crippen LogP contribution in [0.1, 0.15) is 29.2 Å². The fraction of sp³-hybridized carbons (Fsp3) is 0.583. The Kier molecular flexibility index (Phi) is 4.40. The summed E-state index contributed by atoms with van der Waals surface area (Å²) >= 11 is 0. The van der Waals surface area contributed by atoms with Crippen LogP contribution in [-0.2, 0) is 6.42 Å². The van der Waals surface area contributed by atoms with Gasteiger partial charge >= 0.3 is 12.1 Å². The van der Waals surface area contributed by atoms with E-state index in [1.807, 2.05) is 0 Å². The third kappa shape index (κ3) is 3.75. The van der Waals surface area contributed by atoms with Gasteiger partial charge in [0.1, 0.15) is 6.26 Å². The molecule has 0 bridgehead atoms. The molecule has 3 atom stereocenters. The Bertz CT molecular complexity index is 572. The van der Waals surface area contributed by atoms with Crippen molar-refractivity contribution < 1.29 is 32.6 Å². The minimum Gasteiger partial charge on any atom is -0.476 e. The molecule has 0 spiro atoms. The number of aromatic carboxylic acids is 1. The molecule has 0 amide bonds. The minimum atomic E-state index is -4.46. The zero-order valence-electron chi connectivity index (χ0n) is 11.2. The Hall–Kier alpha value is -2.10. The predicted octanol–water partition coefficient (Wildman–Crippen LogP) is 1.18. The first-order chi connectivity index (χ1) is 10.2. The predicted molar refractivity (Wildman–Crippen MR) is 66.6 cm³/mol. The Morgan fingerprint density at radius 2 is 2.27 bits per heavy atom. The Morgan fingerprint density at radius 1 is 1.59 bits per heavy atom. The first kappa shape index (κ1) is 16.3. The van der Waals surface area contributed by atoms with Crippen LogP contribution in [-0.4, -0.2) is 45.3 Å². The lowest BCUT2D eigenvalue weighted by Crippen LogP contribution is -2.39. The molecule has 1 aromatic heterocycles. The van der Waals surface area contributed by atoms with Crippen LogP contribution in [0.15, 0.2) is 10.7 Å². The van der Waals surface area contributed by atoms with Gasteiger partial charge in [-0.05, 0) is 6.42 Å². The molecule has 0 aromatic carbocycles. The molecule has 1 aliphatic rings. The van der Waals surface area contributed by atoms with Crippen LogP contribution >= 0.6 is 0 Å². The van der Waals surface area contributed by atoms with E-state index in [1.165, 1.54) is 0 Å². The maximum atomic E-state index is 12.8. The number of hydrogen-bond donors (Lipinski definition) is 4. The molecule has 3 unspecified atom stereocenters. The molecule has 1 aliphatic heterocycles. The molecule has 0 saturated carbocycles. The zero-order chi connectivity index (χ0) is 16.5. The first-order valence-corrected chi connectivity index (χ1v) is 6.43. The number of carbonyl (C=O) groups is 1. The summed E-state index contributed by atoms with van der Waals surface area (Å²) in [6.07, 6.45) is -5.66. The molecule has 4 N–H and O–H groups in total. The molecule has 1 fully saturated rings. The number of oxazole rings is 1. The Labute approximate surface area is 122 Å². The lowest BCUT2D eigenvalue weighted by Gasteiger charge is -2.23. The molecule has 1 aromatic rings. The number of aromatic nitrogens is 1. The lowest BCUT2D eigenvalue weighted by molar-refractivity contribution is -0.177. The van der Waals surface area contributed by atoms with Crippen molar-refractivity contribution in [2.45, 2.75) is 37.6 Å². The molecule has 0 aliphatic carbocycles. The smallest absolute Gasteiger partial charge is 0.394 e. The standard InChI is InChI=1S/C12H14F3N3O4/c13-12(14,15)6-3-9(16)17-7(6)1-5(19)2-10-18-8(4-22-10)11(20)21/h4-7,19H,1-3H2,(H2,16,17)(H,20,21). The van der Waals surface area contributed by atoms with Gasteiger partial charge in [-0.3, -0.25) is 5.41 Å². The lowest BCUT2D eigenvalue weighted by atomic mass is 9.94. The highest BCUT2D eigenvalue weighted by Gasteiger charge is 2.49. The van der Waals surface area contributed by atoms with Crippen molar-refractivity contribution >= 4 is 11.8 Å². The van der Waals surface area contributed by atoms with E-state index in [1.54, 1.807) is 0 Å². The fourth-order valence-corrected chi connectivity index (χ4v) is 2.39. The van der Waals surface area contributed by atoms with Crippen LogP contribution in [0, 0.1) is 11.3 Å². The van der Waals surface area contributed by atoms with E-state index in [9.17, 15) is 23.1 Å². The number of carboxylic acid groups (broad SMARTS) is 1. The van der Waals surface area contributed by atoms with E-state index in [0.717, 1.165) is 6.26 Å². The number of nitrogens with one attached hydrogen (secondary N) is 2. The van der Waals surface area contributed by atoms with E-state index < -0.39 is 36.6 Å². The van der Waals surface area contributed by atoms with Crippen LogP contribution in [0.3, 0.4) is 0 Å². The topological polar surface area (TPSA) is 119 Å². The quantitative estimate of drug-likeness (QED) is 0.646. The third-order valence-corrected chi connectivity index (χ3v) is 3.40. The number of halogens is 3. The number of hydrogen-bond acceptors (Lipinski definition) is 5. The highest BCUT2D eigenvalue weighted by atomic mass is 19.4. The number of aliphatic hydroxyl groups excluding tert-OH is 1. The Balaban J connectivity index is 1.97. The van der Waals surface area contributed by atoms with E-state index in [4.69, 9.17) is 14.9 Å². The summed E-state index contributed by atoms with van der Waals surface area (Å²) in [6.45, 7) is 0. The summed E-state index contributed by atoms with van der Waals surface area (Å²) in [5.41, 5.74) is -0.337. The first-order valence-electron chi connectivity index (χ1n) is 6.43. The van der Waals surface area contributed by atoms with E-state index in [0.29, 0.717) is 0 Å². The van der Waals surface area contributed by atoms with Gasteiger partial charge in [-0.2, -0.15) is 13.2 Å². The zero-order valence-corrected chi connectivity index (χ0v) is 11.2. The highest BCUT2D eigenvalue weighted by molar-refractivity contribution is 5.84. The largest absolute Gasteiger partial charge is 0.476 e. The summed E-state index contributed by atoms with van der Waals surface area (Å²) in [5.74, 6) is -3.31. The van der Waals surface area contributed by atoms with Crippen molar-refractivity contribution in [2.24, 2.45) is 5.92 Å². The second-order valence-corrected chi connectivity index (χ2v) is 5.11. The minimum absolute atomic E-state index is 0.0680. The van der Waals surface area contributed by atoms with E-state index in [-0.39, 0.29) is 30.3 Å². The Morgan fingerprint density at radius 3 is 2.82 bits per heavy atom. The van der Waals surface area contributed by atoms with Crippen molar-refractivity contribution in [2.75, 3.05) is 0 Å². The normalized spacial score (nSPS) is 23.4. The molecule has 2 rings (SSSR count). The molecule has 2 heterocycles. The van der Waals surface area contributed by atoms with Gasteiger partial charge in [0.25, 0.3) is 0 Å². The van der Waals surface area contributed by atoms with Crippen molar-refractivity contribution in [3.8, 4) is 0 Å². The second-order valence-electron chi connectivity index (χ2n) is 5.11. The van der Waals surface area contributed by atoms with Crippen molar-refractivity contribution in [3.05, 3.63) is 17.8 Å². The second kappa shape index (κ2) is 5.95. The SMILES string of the molecule is N=C1CC(C(F)(F)F)C(CC(O)Cc2nc(C(=O)O)co2)N1. The molecule has 7 nitrogen and oxygen atoms in total. The van der Waals surface area contributed by atoms with Crippen LogP contribution in [0.5, 0.6) is 0 Å². The maximum absolute atomic E-state index is 12.8. The van der Waals surface area contributed by atoms with Crippen molar-refractivity contribution in [1.82, 2.24) is 10.3 Å². The summed E-state index contributed by atoms with van der Waals surface area (Å²) < 4.78 is 43.4. The van der Waals surface area contributed by atoms with Crippen LogP contribution in [0.4, 0.5) is 13.2 Å². The fourth-order valence-electron chi connectivity index (χ4n) is 2.39. The van der Waals surface area contributed by atoms with Crippen LogP contribution < -0.4 is 5.32 Å². The monoisotopic (exact) mass is 321 g/mol. The summed E-state index contributed by atoms with van der Waals surface area (Å²) in [7, 11) is 0. The maximum Gasteiger partial charge on any atom is 0.394 e. The number of amidine groups is 1. The number of rotatable bonds is 5. The average molecular weight is 321 g/mol. The van der Waals surface area contributed by atoms with Gasteiger partial charge in [0.05, 0.1) is 24.3 Å². The molecule has 10 heteroatoms. The van der Waals surface area contributed by atoms with E-state index in [2.05, 4.69) is 10.3 Å². The summed E-state index contributed by atoms with van der Waals surface area (Å²) in [5, 5.41) is 28.3. The van der Waals surface area contributed by atoms with Crippen LogP contribution in [0.2, 0.25) is 0 Å². The number of alkyl halides is 3. The number of carboxylic acids is 1. The molecule has 122 valence electrons. The van der Waals surface area contributed by atoms with Crippen molar-refractivity contribution in [3.63, 3.8) is 0 Å². The van der Waals surface area contributed by atoms with Gasteiger partial charge in [0, 0.05) is 12.5 Å². The van der Waals surface area contributed by atoms with Crippen molar-refractivity contribution in [1.29, 1.82) is 5.41 Å². The molecule has 22 heavy (non-hydrogen) atoms. The number of aliphatic hydroxyl groups is 1. The summed E-state index contributed by atoms with van der Waals surface area (Å²) in [4.78, 5) is 14.2.